The van der Waals surface area contributed by atoms with E-state index in [1.165, 1.54) is 0 Å². The Labute approximate surface area is 114 Å². The minimum absolute atomic E-state index is 0.0660. The zero-order valence-corrected chi connectivity index (χ0v) is 11.3. The number of halogens is 1. The third kappa shape index (κ3) is 3.00. The van der Waals surface area contributed by atoms with Crippen molar-refractivity contribution in [1.82, 2.24) is 4.98 Å². The fourth-order valence-corrected chi connectivity index (χ4v) is 2.08. The molecule has 0 atom stereocenters. The smallest absolute Gasteiger partial charge is 0.0752 e. The number of hydrogen-bond acceptors (Lipinski definition) is 4. The van der Waals surface area contributed by atoms with Gasteiger partial charge in [-0.3, -0.25) is 4.98 Å². The lowest BCUT2D eigenvalue weighted by Crippen LogP contribution is -2.03. The molecule has 0 amide bonds. The van der Waals surface area contributed by atoms with Crippen LogP contribution < -0.4 is 11.1 Å². The zero-order valence-electron chi connectivity index (χ0n) is 9.73. The van der Waals surface area contributed by atoms with E-state index in [2.05, 4.69) is 26.2 Å². The number of nitrogen functional groups attached to an aromatic ring is 1. The SMILES string of the molecule is Nc1cncc(Br)c1NCc1ccc(CO)cc1. The van der Waals surface area contributed by atoms with Crippen LogP contribution in [0.5, 0.6) is 0 Å². The van der Waals surface area contributed by atoms with E-state index in [1.807, 2.05) is 24.3 Å². The van der Waals surface area contributed by atoms with Crippen LogP contribution in [-0.4, -0.2) is 10.1 Å². The van der Waals surface area contributed by atoms with Crippen LogP contribution in [0.1, 0.15) is 11.1 Å². The van der Waals surface area contributed by atoms with Crippen molar-refractivity contribution in [2.45, 2.75) is 13.2 Å². The standard InChI is InChI=1S/C13H14BrN3O/c14-11-6-16-7-12(15)13(11)17-5-9-1-3-10(8-18)4-2-9/h1-4,6-7,18H,5,8,15H2,(H,16,17). The fraction of sp³-hybridized carbons (Fsp3) is 0.154. The lowest BCUT2D eigenvalue weighted by Gasteiger charge is -2.11. The van der Waals surface area contributed by atoms with Crippen LogP contribution in [-0.2, 0) is 13.2 Å². The largest absolute Gasteiger partial charge is 0.396 e. The minimum atomic E-state index is 0.0660. The summed E-state index contributed by atoms with van der Waals surface area (Å²) in [5.41, 5.74) is 9.32. The number of aliphatic hydroxyl groups excluding tert-OH is 1. The van der Waals surface area contributed by atoms with E-state index in [1.54, 1.807) is 12.4 Å². The summed E-state index contributed by atoms with van der Waals surface area (Å²) in [7, 11) is 0. The Bertz CT molecular complexity index is 508. The van der Waals surface area contributed by atoms with Crippen molar-refractivity contribution >= 4 is 27.3 Å². The molecule has 4 N–H and O–H groups in total. The molecule has 5 heteroatoms. The molecule has 0 bridgehead atoms. The third-order valence-corrected chi connectivity index (χ3v) is 3.21. The molecule has 0 radical (unpaired) electrons. The first kappa shape index (κ1) is 12.9. The number of benzene rings is 1. The van der Waals surface area contributed by atoms with Crippen LogP contribution in [0.15, 0.2) is 41.1 Å². The maximum Gasteiger partial charge on any atom is 0.0752 e. The number of nitrogens with one attached hydrogen (secondary N) is 1. The first-order valence-corrected chi connectivity index (χ1v) is 6.31. The summed E-state index contributed by atoms with van der Waals surface area (Å²) in [6.45, 7) is 0.731. The Kier molecular flexibility index (Phi) is 4.17. The van der Waals surface area contributed by atoms with Gasteiger partial charge in [0.1, 0.15) is 0 Å². The highest BCUT2D eigenvalue weighted by molar-refractivity contribution is 9.10. The summed E-state index contributed by atoms with van der Waals surface area (Å²) in [5.74, 6) is 0. The second-order valence-corrected chi connectivity index (χ2v) is 4.77. The fourth-order valence-electron chi connectivity index (χ4n) is 1.59. The average molecular weight is 308 g/mol. The third-order valence-electron chi connectivity index (χ3n) is 2.60. The molecule has 1 heterocycles. The van der Waals surface area contributed by atoms with Crippen LogP contribution in [0.3, 0.4) is 0 Å². The van der Waals surface area contributed by atoms with Crippen molar-refractivity contribution in [2.75, 3.05) is 11.1 Å². The molecule has 0 saturated carbocycles. The van der Waals surface area contributed by atoms with Gasteiger partial charge in [0.05, 0.1) is 28.7 Å². The molecule has 94 valence electrons. The molecule has 1 aromatic heterocycles. The molecule has 18 heavy (non-hydrogen) atoms. The number of anilines is 2. The van der Waals surface area contributed by atoms with Gasteiger partial charge in [-0.1, -0.05) is 24.3 Å². The second kappa shape index (κ2) is 5.84. The number of aromatic nitrogens is 1. The van der Waals surface area contributed by atoms with Crippen molar-refractivity contribution in [2.24, 2.45) is 0 Å². The van der Waals surface area contributed by atoms with Gasteiger partial charge in [0.15, 0.2) is 0 Å². The van der Waals surface area contributed by atoms with E-state index in [-0.39, 0.29) is 6.61 Å². The van der Waals surface area contributed by atoms with Gasteiger partial charge in [-0.25, -0.2) is 0 Å². The summed E-state index contributed by atoms with van der Waals surface area (Å²) >= 11 is 3.41. The molecule has 0 unspecified atom stereocenters. The van der Waals surface area contributed by atoms with Gasteiger partial charge in [-0.05, 0) is 27.1 Å². The molecule has 0 fully saturated rings. The maximum atomic E-state index is 8.96. The number of aliphatic hydroxyl groups is 1. The van der Waals surface area contributed by atoms with E-state index in [4.69, 9.17) is 10.8 Å². The number of nitrogens with zero attached hydrogens (tertiary/aromatic N) is 1. The van der Waals surface area contributed by atoms with E-state index >= 15 is 0 Å². The van der Waals surface area contributed by atoms with Crippen molar-refractivity contribution in [3.05, 3.63) is 52.3 Å². The molecule has 0 aliphatic heterocycles. The normalized spacial score (nSPS) is 10.3. The predicted octanol–water partition coefficient (Wildman–Crippen LogP) is 2.53. The summed E-state index contributed by atoms with van der Waals surface area (Å²) < 4.78 is 0.842. The quantitative estimate of drug-likeness (QED) is 0.812. The Morgan fingerprint density at radius 1 is 1.17 bits per heavy atom. The summed E-state index contributed by atoms with van der Waals surface area (Å²) in [4.78, 5) is 3.98. The molecule has 0 aliphatic rings. The van der Waals surface area contributed by atoms with Crippen LogP contribution >= 0.6 is 15.9 Å². The zero-order chi connectivity index (χ0) is 13.0. The monoisotopic (exact) mass is 307 g/mol. The highest BCUT2D eigenvalue weighted by Crippen LogP contribution is 2.27. The van der Waals surface area contributed by atoms with Crippen LogP contribution in [0.4, 0.5) is 11.4 Å². The second-order valence-electron chi connectivity index (χ2n) is 3.91. The molecular formula is C13H14BrN3O. The van der Waals surface area contributed by atoms with Crippen molar-refractivity contribution in [3.8, 4) is 0 Å². The first-order chi connectivity index (χ1) is 8.70. The lowest BCUT2D eigenvalue weighted by atomic mass is 10.1. The Morgan fingerprint density at radius 3 is 2.44 bits per heavy atom. The molecule has 2 rings (SSSR count). The maximum absolute atomic E-state index is 8.96. The van der Waals surface area contributed by atoms with Crippen molar-refractivity contribution in [3.63, 3.8) is 0 Å². The number of nitrogens with two attached hydrogens (primary N) is 1. The highest BCUT2D eigenvalue weighted by atomic mass is 79.9. The van der Waals surface area contributed by atoms with Gasteiger partial charge < -0.3 is 16.2 Å². The van der Waals surface area contributed by atoms with Gasteiger partial charge in [-0.15, -0.1) is 0 Å². The molecule has 0 spiro atoms. The van der Waals surface area contributed by atoms with E-state index in [9.17, 15) is 0 Å². The Hall–Kier alpha value is -1.59. The summed E-state index contributed by atoms with van der Waals surface area (Å²) in [6.07, 6.45) is 3.31. The molecule has 0 saturated heterocycles. The van der Waals surface area contributed by atoms with Crippen molar-refractivity contribution in [1.29, 1.82) is 0 Å². The Morgan fingerprint density at radius 2 is 1.83 bits per heavy atom. The highest BCUT2D eigenvalue weighted by Gasteiger charge is 2.04. The molecule has 2 aromatic rings. The van der Waals surface area contributed by atoms with Crippen LogP contribution in [0.25, 0.3) is 0 Å². The minimum Gasteiger partial charge on any atom is -0.396 e. The van der Waals surface area contributed by atoms with E-state index in [0.29, 0.717) is 12.2 Å². The van der Waals surface area contributed by atoms with Gasteiger partial charge in [0.25, 0.3) is 0 Å². The molecule has 4 nitrogen and oxygen atoms in total. The number of pyridine rings is 1. The van der Waals surface area contributed by atoms with Gasteiger partial charge in [0.2, 0.25) is 0 Å². The van der Waals surface area contributed by atoms with E-state index < -0.39 is 0 Å². The Balaban J connectivity index is 2.06. The molecule has 1 aromatic carbocycles. The summed E-state index contributed by atoms with van der Waals surface area (Å²) in [5, 5.41) is 12.2. The van der Waals surface area contributed by atoms with Crippen LogP contribution in [0.2, 0.25) is 0 Å². The van der Waals surface area contributed by atoms with Crippen molar-refractivity contribution < 1.29 is 5.11 Å². The van der Waals surface area contributed by atoms with Gasteiger partial charge in [0, 0.05) is 12.7 Å². The number of rotatable bonds is 4. The van der Waals surface area contributed by atoms with Gasteiger partial charge >= 0.3 is 0 Å². The number of hydrogen-bond donors (Lipinski definition) is 3. The van der Waals surface area contributed by atoms with E-state index in [0.717, 1.165) is 21.3 Å². The molecule has 0 aliphatic carbocycles. The average Bonchev–Trinajstić information content (AvgIpc) is 2.39. The lowest BCUT2D eigenvalue weighted by molar-refractivity contribution is 0.282. The molecular weight excluding hydrogens is 294 g/mol. The summed E-state index contributed by atoms with van der Waals surface area (Å²) in [6, 6.07) is 7.76. The first-order valence-electron chi connectivity index (χ1n) is 5.52. The topological polar surface area (TPSA) is 71.2 Å². The van der Waals surface area contributed by atoms with Gasteiger partial charge in [-0.2, -0.15) is 0 Å². The van der Waals surface area contributed by atoms with Crippen LogP contribution in [0, 0.1) is 0 Å². The predicted molar refractivity (Wildman–Crippen MR) is 76.0 cm³/mol.